The number of aryl methyl sites for hydroxylation is 1. The number of amides is 2. The summed E-state index contributed by atoms with van der Waals surface area (Å²) >= 11 is 1.73. The summed E-state index contributed by atoms with van der Waals surface area (Å²) in [5.41, 5.74) is 0.905. The minimum Gasteiger partial charge on any atom is -0.331 e. The molecule has 1 aromatic carbocycles. The molecule has 1 N–H and O–H groups in total. The average molecular weight is 332 g/mol. The van der Waals surface area contributed by atoms with Gasteiger partial charge in [0.05, 0.1) is 12.6 Å². The molecule has 0 bridgehead atoms. The van der Waals surface area contributed by atoms with Gasteiger partial charge in [0.2, 0.25) is 0 Å². The summed E-state index contributed by atoms with van der Waals surface area (Å²) in [6, 6.07) is 10.6. The van der Waals surface area contributed by atoms with Gasteiger partial charge in [-0.15, -0.1) is 11.3 Å². The third kappa shape index (κ3) is 4.10. The maximum Gasteiger partial charge on any atom is 0.318 e. The molecule has 0 saturated heterocycles. The Kier molecular flexibility index (Phi) is 4.66. The fraction of sp³-hybridized carbons (Fsp3) is 0.389. The molecular weight excluding hydrogens is 311 g/mol. The number of hydrogen-bond donors (Lipinski definition) is 1. The number of rotatable bonds is 5. The molecule has 0 aliphatic heterocycles. The zero-order valence-corrected chi connectivity index (χ0v) is 14.2. The number of nitrogens with one attached hydrogen (secondary N) is 1. The molecule has 5 heteroatoms. The fourth-order valence-corrected chi connectivity index (χ4v) is 3.48. The lowest BCUT2D eigenvalue weighted by atomic mass is 10.1. The predicted molar refractivity (Wildman–Crippen MR) is 91.0 cm³/mol. The minimum atomic E-state index is -0.264. The van der Waals surface area contributed by atoms with Gasteiger partial charge < -0.3 is 10.2 Å². The molecule has 1 saturated carbocycles. The van der Waals surface area contributed by atoms with Crippen molar-refractivity contribution in [1.29, 1.82) is 0 Å². The van der Waals surface area contributed by atoms with Gasteiger partial charge in [-0.3, -0.25) is 0 Å². The van der Waals surface area contributed by atoms with Crippen molar-refractivity contribution in [3.05, 3.63) is 57.5 Å². The maximum absolute atomic E-state index is 13.0. The fourth-order valence-electron chi connectivity index (χ4n) is 2.59. The van der Waals surface area contributed by atoms with E-state index < -0.39 is 0 Å². The Balaban J connectivity index is 1.65. The maximum atomic E-state index is 13.0. The topological polar surface area (TPSA) is 32.3 Å². The first kappa shape index (κ1) is 16.0. The second-order valence-corrected chi connectivity index (χ2v) is 7.47. The second-order valence-electron chi connectivity index (χ2n) is 6.09. The summed E-state index contributed by atoms with van der Waals surface area (Å²) in [6.45, 7) is 4.66. The first-order valence-corrected chi connectivity index (χ1v) is 8.72. The van der Waals surface area contributed by atoms with Crippen LogP contribution in [0.25, 0.3) is 0 Å². The molecule has 2 aromatic rings. The van der Waals surface area contributed by atoms with Crippen LogP contribution in [-0.2, 0) is 6.54 Å². The van der Waals surface area contributed by atoms with Crippen LogP contribution in [0.1, 0.15) is 41.1 Å². The van der Waals surface area contributed by atoms with Crippen molar-refractivity contribution in [2.24, 2.45) is 0 Å². The van der Waals surface area contributed by atoms with E-state index in [4.69, 9.17) is 0 Å². The standard InChI is InChI=1S/C18H21FN2OS/c1-12-3-10-17(23-12)11-21(16-8-9-16)18(22)20-13(2)14-4-6-15(19)7-5-14/h3-7,10,13,16H,8-9,11H2,1-2H3,(H,20,22)/t13-/m1/s1. The predicted octanol–water partition coefficient (Wildman–Crippen LogP) is 4.63. The first-order valence-electron chi connectivity index (χ1n) is 7.91. The summed E-state index contributed by atoms with van der Waals surface area (Å²) in [5.74, 6) is -0.264. The number of nitrogens with zero attached hydrogens (tertiary/aromatic N) is 1. The molecule has 0 spiro atoms. The van der Waals surface area contributed by atoms with E-state index in [9.17, 15) is 9.18 Å². The van der Waals surface area contributed by atoms with Crippen LogP contribution in [-0.4, -0.2) is 17.0 Å². The van der Waals surface area contributed by atoms with Gasteiger partial charge >= 0.3 is 6.03 Å². The van der Waals surface area contributed by atoms with Gasteiger partial charge in [-0.05, 0) is 56.5 Å². The van der Waals surface area contributed by atoms with Gasteiger partial charge in [-0.2, -0.15) is 0 Å². The normalized spacial score (nSPS) is 15.3. The van der Waals surface area contributed by atoms with Crippen molar-refractivity contribution in [3.8, 4) is 0 Å². The van der Waals surface area contributed by atoms with E-state index >= 15 is 0 Å². The molecule has 1 atom stereocenters. The Bertz CT molecular complexity index is 679. The third-order valence-electron chi connectivity index (χ3n) is 4.08. The van der Waals surface area contributed by atoms with Gasteiger partial charge in [0.15, 0.2) is 0 Å². The van der Waals surface area contributed by atoms with Crippen molar-refractivity contribution in [2.75, 3.05) is 0 Å². The molecule has 1 heterocycles. The average Bonchev–Trinajstić information content (AvgIpc) is 3.27. The van der Waals surface area contributed by atoms with Crippen LogP contribution in [0.2, 0.25) is 0 Å². The van der Waals surface area contributed by atoms with Crippen LogP contribution in [0.3, 0.4) is 0 Å². The quantitative estimate of drug-likeness (QED) is 0.850. The van der Waals surface area contributed by atoms with Crippen molar-refractivity contribution < 1.29 is 9.18 Å². The van der Waals surface area contributed by atoms with E-state index in [1.807, 2.05) is 11.8 Å². The summed E-state index contributed by atoms with van der Waals surface area (Å²) in [7, 11) is 0. The Morgan fingerprint density at radius 2 is 2.00 bits per heavy atom. The van der Waals surface area contributed by atoms with Crippen LogP contribution in [0, 0.1) is 12.7 Å². The summed E-state index contributed by atoms with van der Waals surface area (Å²) in [6.07, 6.45) is 2.14. The highest BCUT2D eigenvalue weighted by atomic mass is 32.1. The lowest BCUT2D eigenvalue weighted by Gasteiger charge is -2.25. The van der Waals surface area contributed by atoms with E-state index in [0.29, 0.717) is 12.6 Å². The van der Waals surface area contributed by atoms with E-state index in [0.717, 1.165) is 18.4 Å². The smallest absolute Gasteiger partial charge is 0.318 e. The molecule has 2 amide bonds. The van der Waals surface area contributed by atoms with Crippen LogP contribution in [0.4, 0.5) is 9.18 Å². The highest BCUT2D eigenvalue weighted by Gasteiger charge is 2.33. The van der Waals surface area contributed by atoms with E-state index in [-0.39, 0.29) is 17.9 Å². The zero-order valence-electron chi connectivity index (χ0n) is 13.4. The van der Waals surface area contributed by atoms with E-state index in [1.165, 1.54) is 21.9 Å². The summed E-state index contributed by atoms with van der Waals surface area (Å²) in [5, 5.41) is 3.03. The Morgan fingerprint density at radius 3 is 2.57 bits per heavy atom. The highest BCUT2D eigenvalue weighted by molar-refractivity contribution is 7.11. The molecular formula is C18H21FN2OS. The molecule has 3 nitrogen and oxygen atoms in total. The highest BCUT2D eigenvalue weighted by Crippen LogP contribution is 2.30. The van der Waals surface area contributed by atoms with Gasteiger partial charge in [0.1, 0.15) is 5.82 Å². The number of urea groups is 1. The van der Waals surface area contributed by atoms with Gasteiger partial charge in [-0.1, -0.05) is 12.1 Å². The minimum absolute atomic E-state index is 0.0459. The Morgan fingerprint density at radius 1 is 1.30 bits per heavy atom. The third-order valence-corrected chi connectivity index (χ3v) is 5.07. The Hall–Kier alpha value is -1.88. The second kappa shape index (κ2) is 6.71. The van der Waals surface area contributed by atoms with Crippen molar-refractivity contribution in [3.63, 3.8) is 0 Å². The van der Waals surface area contributed by atoms with E-state index in [2.05, 4.69) is 24.4 Å². The van der Waals surface area contributed by atoms with E-state index in [1.54, 1.807) is 23.5 Å². The summed E-state index contributed by atoms with van der Waals surface area (Å²) in [4.78, 5) is 17.0. The van der Waals surface area contributed by atoms with Crippen LogP contribution in [0.15, 0.2) is 36.4 Å². The molecule has 1 fully saturated rings. The SMILES string of the molecule is Cc1ccc(CN(C(=O)N[C@H](C)c2ccc(F)cc2)C2CC2)s1. The molecule has 0 unspecified atom stereocenters. The molecule has 122 valence electrons. The zero-order chi connectivity index (χ0) is 16.4. The van der Waals surface area contributed by atoms with Crippen LogP contribution in [0.5, 0.6) is 0 Å². The van der Waals surface area contributed by atoms with Crippen molar-refractivity contribution >= 4 is 17.4 Å². The monoisotopic (exact) mass is 332 g/mol. The molecule has 1 aromatic heterocycles. The first-order chi connectivity index (χ1) is 11.0. The van der Waals surface area contributed by atoms with Gasteiger partial charge in [-0.25, -0.2) is 9.18 Å². The van der Waals surface area contributed by atoms with Crippen LogP contribution < -0.4 is 5.32 Å². The van der Waals surface area contributed by atoms with Gasteiger partial charge in [0.25, 0.3) is 0 Å². The number of carbonyl (C=O) groups excluding carboxylic acids is 1. The molecule has 1 aliphatic rings. The van der Waals surface area contributed by atoms with Crippen LogP contribution >= 0.6 is 11.3 Å². The van der Waals surface area contributed by atoms with Crippen molar-refractivity contribution in [2.45, 2.75) is 45.3 Å². The Labute approximate surface area is 140 Å². The number of carbonyl (C=O) groups is 1. The number of halogens is 1. The summed E-state index contributed by atoms with van der Waals surface area (Å²) < 4.78 is 13.0. The number of thiophene rings is 1. The lowest BCUT2D eigenvalue weighted by Crippen LogP contribution is -2.41. The molecule has 0 radical (unpaired) electrons. The van der Waals surface area contributed by atoms with Gasteiger partial charge in [0, 0.05) is 15.8 Å². The number of hydrogen-bond acceptors (Lipinski definition) is 2. The molecule has 1 aliphatic carbocycles. The van der Waals surface area contributed by atoms with Crippen molar-refractivity contribution in [1.82, 2.24) is 10.2 Å². The number of benzene rings is 1. The largest absolute Gasteiger partial charge is 0.331 e. The lowest BCUT2D eigenvalue weighted by molar-refractivity contribution is 0.189. The molecule has 3 rings (SSSR count). The molecule has 23 heavy (non-hydrogen) atoms.